The number of ketones is 1. The number of carbonyl (C=O) groups is 1. The smallest absolute Gasteiger partial charge is 0.152 e. The molecule has 2 aromatic rings. The maximum atomic E-state index is 12.3. The standard InChI is InChI=1S/C15H17NOS2/c1-2-9-15(10-5-8-13(15)17)19-14-16-11-6-3-4-7-12(11)18-14/h3-4,6-7H,2,5,8-10H2,1H3. The van der Waals surface area contributed by atoms with E-state index in [1.807, 2.05) is 18.2 Å². The van der Waals surface area contributed by atoms with E-state index in [0.717, 1.165) is 42.0 Å². The van der Waals surface area contributed by atoms with Crippen molar-refractivity contribution in [3.8, 4) is 0 Å². The Kier molecular flexibility index (Phi) is 3.63. The van der Waals surface area contributed by atoms with E-state index in [9.17, 15) is 4.79 Å². The van der Waals surface area contributed by atoms with Gasteiger partial charge in [0.15, 0.2) is 4.34 Å². The summed E-state index contributed by atoms with van der Waals surface area (Å²) in [6, 6.07) is 8.19. The van der Waals surface area contributed by atoms with Gasteiger partial charge in [0, 0.05) is 6.42 Å². The van der Waals surface area contributed by atoms with Crippen molar-refractivity contribution < 1.29 is 4.79 Å². The summed E-state index contributed by atoms with van der Waals surface area (Å²) in [7, 11) is 0. The molecule has 2 nitrogen and oxygen atoms in total. The van der Waals surface area contributed by atoms with E-state index in [-0.39, 0.29) is 4.75 Å². The van der Waals surface area contributed by atoms with E-state index in [0.29, 0.717) is 5.78 Å². The van der Waals surface area contributed by atoms with E-state index >= 15 is 0 Å². The number of para-hydroxylation sites is 1. The van der Waals surface area contributed by atoms with Crippen molar-refractivity contribution in [1.82, 2.24) is 4.98 Å². The van der Waals surface area contributed by atoms with Crippen molar-refractivity contribution in [1.29, 1.82) is 0 Å². The third-order valence-electron chi connectivity index (χ3n) is 3.70. The van der Waals surface area contributed by atoms with Crippen LogP contribution in [0.3, 0.4) is 0 Å². The van der Waals surface area contributed by atoms with Crippen LogP contribution in [0, 0.1) is 0 Å². The molecule has 1 heterocycles. The van der Waals surface area contributed by atoms with Crippen molar-refractivity contribution >= 4 is 39.1 Å². The Labute approximate surface area is 121 Å². The first-order chi connectivity index (χ1) is 9.23. The quantitative estimate of drug-likeness (QED) is 0.819. The number of aromatic nitrogens is 1. The third kappa shape index (κ3) is 2.43. The predicted octanol–water partition coefficient (Wildman–Crippen LogP) is 4.68. The minimum absolute atomic E-state index is 0.192. The Morgan fingerprint density at radius 1 is 1.42 bits per heavy atom. The Hall–Kier alpha value is -0.870. The molecule has 4 heteroatoms. The molecule has 1 atom stereocenters. The molecule has 0 aliphatic heterocycles. The molecule has 1 saturated carbocycles. The summed E-state index contributed by atoms with van der Waals surface area (Å²) < 4.78 is 2.06. The Bertz CT molecular complexity index is 574. The topological polar surface area (TPSA) is 30.0 Å². The lowest BCUT2D eigenvalue weighted by molar-refractivity contribution is -0.119. The normalized spacial score (nSPS) is 23.3. The monoisotopic (exact) mass is 291 g/mol. The number of carbonyl (C=O) groups excluding carboxylic acids is 1. The second kappa shape index (κ2) is 5.25. The maximum absolute atomic E-state index is 12.3. The van der Waals surface area contributed by atoms with Gasteiger partial charge in [0.2, 0.25) is 0 Å². The number of Topliss-reactive ketones (excluding diaryl/α,β-unsaturated/α-hetero) is 1. The molecule has 100 valence electrons. The number of benzene rings is 1. The van der Waals surface area contributed by atoms with Crippen LogP contribution in [0.1, 0.15) is 39.0 Å². The fourth-order valence-electron chi connectivity index (χ4n) is 2.79. The zero-order valence-corrected chi connectivity index (χ0v) is 12.6. The highest BCUT2D eigenvalue weighted by atomic mass is 32.2. The first kappa shape index (κ1) is 13.1. The van der Waals surface area contributed by atoms with Crippen LogP contribution in [0.4, 0.5) is 0 Å². The van der Waals surface area contributed by atoms with Crippen molar-refractivity contribution in [2.24, 2.45) is 0 Å². The number of thiazole rings is 1. The van der Waals surface area contributed by atoms with Crippen LogP contribution in [0.15, 0.2) is 28.6 Å². The van der Waals surface area contributed by atoms with E-state index in [1.165, 1.54) is 4.70 Å². The van der Waals surface area contributed by atoms with Gasteiger partial charge in [0.05, 0.1) is 15.0 Å². The van der Waals surface area contributed by atoms with Gasteiger partial charge in [-0.1, -0.05) is 37.2 Å². The van der Waals surface area contributed by atoms with Crippen LogP contribution in [0.2, 0.25) is 0 Å². The minimum Gasteiger partial charge on any atom is -0.298 e. The molecule has 1 aromatic heterocycles. The first-order valence-corrected chi connectivity index (χ1v) is 8.45. The van der Waals surface area contributed by atoms with Gasteiger partial charge in [-0.15, -0.1) is 11.3 Å². The van der Waals surface area contributed by atoms with E-state index in [4.69, 9.17) is 0 Å². The summed E-state index contributed by atoms with van der Waals surface area (Å²) in [6.45, 7) is 2.16. The molecule has 1 aliphatic carbocycles. The molecule has 0 amide bonds. The van der Waals surface area contributed by atoms with Crippen molar-refractivity contribution in [3.63, 3.8) is 0 Å². The summed E-state index contributed by atoms with van der Waals surface area (Å²) in [6.07, 6.45) is 4.84. The van der Waals surface area contributed by atoms with Crippen molar-refractivity contribution in [3.05, 3.63) is 24.3 Å². The van der Waals surface area contributed by atoms with Gasteiger partial charge in [-0.3, -0.25) is 4.79 Å². The zero-order chi connectivity index (χ0) is 13.3. The van der Waals surface area contributed by atoms with E-state index < -0.39 is 0 Å². The van der Waals surface area contributed by atoms with Gasteiger partial charge in [-0.2, -0.15) is 0 Å². The van der Waals surface area contributed by atoms with Crippen LogP contribution in [-0.2, 0) is 4.79 Å². The molecule has 3 rings (SSSR count). The summed E-state index contributed by atoms with van der Waals surface area (Å²) >= 11 is 3.43. The van der Waals surface area contributed by atoms with Crippen molar-refractivity contribution in [2.45, 2.75) is 48.1 Å². The van der Waals surface area contributed by atoms with Crippen LogP contribution in [0.5, 0.6) is 0 Å². The molecule has 1 aromatic carbocycles. The fraction of sp³-hybridized carbons (Fsp3) is 0.467. The van der Waals surface area contributed by atoms with E-state index in [2.05, 4.69) is 18.0 Å². The highest BCUT2D eigenvalue weighted by molar-refractivity contribution is 8.03. The molecule has 1 aliphatic rings. The third-order valence-corrected chi connectivity index (χ3v) is 6.33. The fourth-order valence-corrected chi connectivity index (χ4v) is 5.65. The number of hydrogen-bond donors (Lipinski definition) is 0. The predicted molar refractivity (Wildman–Crippen MR) is 82.0 cm³/mol. The Morgan fingerprint density at radius 3 is 2.95 bits per heavy atom. The summed E-state index contributed by atoms with van der Waals surface area (Å²) in [5, 5.41) is 0. The van der Waals surface area contributed by atoms with Crippen LogP contribution in [0.25, 0.3) is 10.2 Å². The number of fused-ring (bicyclic) bond motifs is 1. The first-order valence-electron chi connectivity index (χ1n) is 6.81. The lowest BCUT2D eigenvalue weighted by atomic mass is 10.0. The maximum Gasteiger partial charge on any atom is 0.152 e. The number of hydrogen-bond acceptors (Lipinski definition) is 4. The highest BCUT2D eigenvalue weighted by Crippen LogP contribution is 2.47. The zero-order valence-electron chi connectivity index (χ0n) is 11.0. The average molecular weight is 291 g/mol. The SMILES string of the molecule is CCCC1(Sc2nc3ccccc3s2)CCCC1=O. The molecule has 0 radical (unpaired) electrons. The molecular weight excluding hydrogens is 274 g/mol. The van der Waals surface area contributed by atoms with Gasteiger partial charge in [-0.25, -0.2) is 4.98 Å². The minimum atomic E-state index is -0.192. The molecule has 1 fully saturated rings. The lowest BCUT2D eigenvalue weighted by Gasteiger charge is -2.24. The second-order valence-corrected chi connectivity index (χ2v) is 7.73. The van der Waals surface area contributed by atoms with Gasteiger partial charge in [-0.05, 0) is 31.4 Å². The molecule has 19 heavy (non-hydrogen) atoms. The molecule has 0 saturated heterocycles. The summed E-state index contributed by atoms with van der Waals surface area (Å²) in [4.78, 5) is 16.9. The second-order valence-electron chi connectivity index (χ2n) is 5.07. The Balaban J connectivity index is 1.91. The highest BCUT2D eigenvalue weighted by Gasteiger charge is 2.42. The van der Waals surface area contributed by atoms with Gasteiger partial charge < -0.3 is 0 Å². The van der Waals surface area contributed by atoms with Gasteiger partial charge >= 0.3 is 0 Å². The average Bonchev–Trinajstić information content (AvgIpc) is 2.94. The lowest BCUT2D eigenvalue weighted by Crippen LogP contribution is -2.29. The van der Waals surface area contributed by atoms with Crippen LogP contribution >= 0.6 is 23.1 Å². The molecule has 0 N–H and O–H groups in total. The number of nitrogens with zero attached hydrogens (tertiary/aromatic N) is 1. The Morgan fingerprint density at radius 2 is 2.26 bits per heavy atom. The molecular formula is C15H17NOS2. The van der Waals surface area contributed by atoms with Crippen molar-refractivity contribution in [2.75, 3.05) is 0 Å². The van der Waals surface area contributed by atoms with E-state index in [1.54, 1.807) is 23.1 Å². The summed E-state index contributed by atoms with van der Waals surface area (Å²) in [5.41, 5.74) is 1.05. The van der Waals surface area contributed by atoms with Crippen LogP contribution < -0.4 is 0 Å². The molecule has 0 bridgehead atoms. The summed E-state index contributed by atoms with van der Waals surface area (Å²) in [5.74, 6) is 0.429. The van der Waals surface area contributed by atoms with Crippen LogP contribution in [-0.4, -0.2) is 15.5 Å². The van der Waals surface area contributed by atoms with Gasteiger partial charge in [0.1, 0.15) is 5.78 Å². The molecule has 1 unspecified atom stereocenters. The number of rotatable bonds is 4. The largest absolute Gasteiger partial charge is 0.298 e. The molecule has 0 spiro atoms. The number of thioether (sulfide) groups is 1. The van der Waals surface area contributed by atoms with Gasteiger partial charge in [0.25, 0.3) is 0 Å².